The number of rotatable bonds is 1. The molecule has 1 aliphatic rings. The summed E-state index contributed by atoms with van der Waals surface area (Å²) in [5.74, 6) is 0.496. The Balaban J connectivity index is 2.37. The first kappa shape index (κ1) is 12.6. The molecule has 0 aliphatic carbocycles. The van der Waals surface area contributed by atoms with E-state index in [-0.39, 0.29) is 17.9 Å². The van der Waals surface area contributed by atoms with Crippen LogP contribution < -0.4 is 10.1 Å². The minimum absolute atomic E-state index is 0.0107. The zero-order valence-electron chi connectivity index (χ0n) is 11.2. The Morgan fingerprint density at radius 3 is 2.72 bits per heavy atom. The lowest BCUT2D eigenvalue weighted by atomic mass is 9.91. The molecule has 0 saturated heterocycles. The van der Waals surface area contributed by atoms with E-state index >= 15 is 0 Å². The van der Waals surface area contributed by atoms with Crippen molar-refractivity contribution in [2.24, 2.45) is 0 Å². The highest BCUT2D eigenvalue weighted by Crippen LogP contribution is 2.28. The van der Waals surface area contributed by atoms with Gasteiger partial charge in [-0.3, -0.25) is 4.79 Å². The molecule has 1 aromatic rings. The van der Waals surface area contributed by atoms with Gasteiger partial charge in [-0.15, -0.1) is 0 Å². The van der Waals surface area contributed by atoms with Crippen molar-refractivity contribution in [1.82, 2.24) is 10.3 Å². The molecule has 4 nitrogen and oxygen atoms in total. The van der Waals surface area contributed by atoms with E-state index in [1.165, 1.54) is 0 Å². The molecule has 0 fully saturated rings. The summed E-state index contributed by atoms with van der Waals surface area (Å²) >= 11 is 0. The van der Waals surface area contributed by atoms with Gasteiger partial charge in [0, 0.05) is 23.7 Å². The molecule has 1 amide bonds. The maximum atomic E-state index is 11.5. The molecule has 1 aliphatic heterocycles. The van der Waals surface area contributed by atoms with Gasteiger partial charge in [0.15, 0.2) is 0 Å². The van der Waals surface area contributed by atoms with Crippen molar-refractivity contribution >= 4 is 12.0 Å². The summed E-state index contributed by atoms with van der Waals surface area (Å²) < 4.78 is 5.55. The molecule has 0 saturated carbocycles. The van der Waals surface area contributed by atoms with Crippen LogP contribution in [-0.2, 0) is 10.2 Å². The number of nitrogens with zero attached hydrogens (tertiary/aromatic N) is 1. The predicted molar refractivity (Wildman–Crippen MR) is 70.5 cm³/mol. The van der Waals surface area contributed by atoms with E-state index in [2.05, 4.69) is 31.1 Å². The van der Waals surface area contributed by atoms with Gasteiger partial charge in [-0.05, 0) is 18.2 Å². The van der Waals surface area contributed by atoms with Gasteiger partial charge in [0.1, 0.15) is 6.61 Å². The molecule has 96 valence electrons. The molecule has 0 radical (unpaired) electrons. The lowest BCUT2D eigenvalue weighted by Gasteiger charge is -2.21. The van der Waals surface area contributed by atoms with Crippen LogP contribution in [0.15, 0.2) is 17.7 Å². The highest BCUT2D eigenvalue weighted by Gasteiger charge is 2.21. The third kappa shape index (κ3) is 2.37. The molecule has 0 atom stereocenters. The van der Waals surface area contributed by atoms with Crippen LogP contribution in [0.4, 0.5) is 0 Å². The van der Waals surface area contributed by atoms with Crippen LogP contribution in [0.1, 0.15) is 32.0 Å². The topological polar surface area (TPSA) is 51.2 Å². The number of aromatic nitrogens is 1. The minimum Gasteiger partial charge on any atom is -0.472 e. The van der Waals surface area contributed by atoms with Crippen molar-refractivity contribution in [2.45, 2.75) is 26.2 Å². The fourth-order valence-electron chi connectivity index (χ4n) is 1.76. The second-order valence-corrected chi connectivity index (χ2v) is 5.38. The number of amides is 1. The molecule has 1 aromatic heterocycles. The summed E-state index contributed by atoms with van der Waals surface area (Å²) in [5, 5.41) is 2.59. The Labute approximate surface area is 107 Å². The highest BCUT2D eigenvalue weighted by atomic mass is 16.5. The Bertz CT molecular complexity index is 513. The Morgan fingerprint density at radius 2 is 2.11 bits per heavy atom. The average Bonchev–Trinajstić information content (AvgIpc) is 2.35. The SMILES string of the molecule is CNC(=O)C1=Cc2ccc(C(C)(C)C)nc2OC1. The van der Waals surface area contributed by atoms with Crippen molar-refractivity contribution < 1.29 is 9.53 Å². The zero-order chi connectivity index (χ0) is 13.3. The van der Waals surface area contributed by atoms with Crippen LogP contribution in [0.25, 0.3) is 6.08 Å². The van der Waals surface area contributed by atoms with Gasteiger partial charge in [-0.1, -0.05) is 20.8 Å². The second-order valence-electron chi connectivity index (χ2n) is 5.38. The van der Waals surface area contributed by atoms with Gasteiger partial charge in [-0.2, -0.15) is 0 Å². The van der Waals surface area contributed by atoms with Crippen molar-refractivity contribution in [2.75, 3.05) is 13.7 Å². The van der Waals surface area contributed by atoms with E-state index in [1.807, 2.05) is 18.2 Å². The molecule has 0 spiro atoms. The summed E-state index contributed by atoms with van der Waals surface area (Å²) in [6, 6.07) is 3.93. The summed E-state index contributed by atoms with van der Waals surface area (Å²) in [5.41, 5.74) is 2.45. The van der Waals surface area contributed by atoms with Crippen LogP contribution in [0, 0.1) is 0 Å². The molecular weight excluding hydrogens is 228 g/mol. The zero-order valence-corrected chi connectivity index (χ0v) is 11.2. The van der Waals surface area contributed by atoms with Gasteiger partial charge in [0.25, 0.3) is 0 Å². The summed E-state index contributed by atoms with van der Waals surface area (Å²) in [4.78, 5) is 16.0. The Morgan fingerprint density at radius 1 is 1.39 bits per heavy atom. The number of fused-ring (bicyclic) bond motifs is 1. The third-order valence-electron chi connectivity index (χ3n) is 2.87. The molecule has 0 aromatic carbocycles. The molecular formula is C14H18N2O2. The van der Waals surface area contributed by atoms with Gasteiger partial charge < -0.3 is 10.1 Å². The maximum Gasteiger partial charge on any atom is 0.250 e. The van der Waals surface area contributed by atoms with Gasteiger partial charge in [0.05, 0.1) is 5.57 Å². The molecule has 0 bridgehead atoms. The van der Waals surface area contributed by atoms with Crippen molar-refractivity contribution in [3.8, 4) is 5.88 Å². The summed E-state index contributed by atoms with van der Waals surface area (Å²) in [6.45, 7) is 6.59. The Kier molecular flexibility index (Phi) is 3.11. The quantitative estimate of drug-likeness (QED) is 0.823. The normalized spacial score (nSPS) is 14.3. The number of ether oxygens (including phenoxy) is 1. The van der Waals surface area contributed by atoms with Gasteiger partial charge >= 0.3 is 0 Å². The van der Waals surface area contributed by atoms with Crippen molar-refractivity contribution in [1.29, 1.82) is 0 Å². The molecule has 2 rings (SSSR count). The van der Waals surface area contributed by atoms with Crippen LogP contribution >= 0.6 is 0 Å². The lowest BCUT2D eigenvalue weighted by Crippen LogP contribution is -2.25. The van der Waals surface area contributed by atoms with Crippen LogP contribution in [0.5, 0.6) is 5.88 Å². The summed E-state index contributed by atoms with van der Waals surface area (Å²) in [6.07, 6.45) is 1.83. The van der Waals surface area contributed by atoms with Crippen molar-refractivity contribution in [3.63, 3.8) is 0 Å². The average molecular weight is 246 g/mol. The van der Waals surface area contributed by atoms with Crippen LogP contribution in [0.3, 0.4) is 0 Å². The highest BCUT2D eigenvalue weighted by molar-refractivity contribution is 5.98. The maximum absolute atomic E-state index is 11.5. The van der Waals surface area contributed by atoms with E-state index in [4.69, 9.17) is 4.74 Å². The fraction of sp³-hybridized carbons (Fsp3) is 0.429. The van der Waals surface area contributed by atoms with E-state index < -0.39 is 0 Å². The monoisotopic (exact) mass is 246 g/mol. The second kappa shape index (κ2) is 4.44. The van der Waals surface area contributed by atoms with E-state index in [0.29, 0.717) is 11.5 Å². The smallest absolute Gasteiger partial charge is 0.250 e. The number of nitrogens with one attached hydrogen (secondary N) is 1. The molecule has 4 heteroatoms. The number of likely N-dealkylation sites (N-methyl/N-ethyl adjacent to an activating group) is 1. The predicted octanol–water partition coefficient (Wildman–Crippen LogP) is 1.90. The number of carbonyl (C=O) groups excluding carboxylic acids is 1. The number of hydrogen-bond acceptors (Lipinski definition) is 3. The number of pyridine rings is 1. The van der Waals surface area contributed by atoms with E-state index in [9.17, 15) is 4.79 Å². The molecule has 18 heavy (non-hydrogen) atoms. The minimum atomic E-state index is -0.111. The van der Waals surface area contributed by atoms with Crippen molar-refractivity contribution in [3.05, 3.63) is 29.0 Å². The number of carbonyl (C=O) groups is 1. The third-order valence-corrected chi connectivity index (χ3v) is 2.87. The first-order chi connectivity index (χ1) is 8.41. The largest absolute Gasteiger partial charge is 0.472 e. The van der Waals surface area contributed by atoms with Crippen LogP contribution in [0.2, 0.25) is 0 Å². The fourth-order valence-corrected chi connectivity index (χ4v) is 1.76. The molecule has 1 N–H and O–H groups in total. The Hall–Kier alpha value is -1.84. The first-order valence-electron chi connectivity index (χ1n) is 5.99. The van der Waals surface area contributed by atoms with Gasteiger partial charge in [0.2, 0.25) is 11.8 Å². The van der Waals surface area contributed by atoms with Crippen LogP contribution in [-0.4, -0.2) is 24.5 Å². The molecule has 2 heterocycles. The molecule has 0 unspecified atom stereocenters. The number of hydrogen-bond donors (Lipinski definition) is 1. The first-order valence-corrected chi connectivity index (χ1v) is 5.99. The lowest BCUT2D eigenvalue weighted by molar-refractivity contribution is -0.117. The van der Waals surface area contributed by atoms with E-state index in [1.54, 1.807) is 7.05 Å². The standard InChI is InChI=1S/C14H18N2O2/c1-14(2,3)11-6-5-9-7-10(12(17)15-4)8-18-13(9)16-11/h5-7H,8H2,1-4H3,(H,15,17). The summed E-state index contributed by atoms with van der Waals surface area (Å²) in [7, 11) is 1.61. The van der Waals surface area contributed by atoms with Gasteiger partial charge in [-0.25, -0.2) is 4.98 Å². The van der Waals surface area contributed by atoms with E-state index in [0.717, 1.165) is 11.3 Å².